The molecule has 0 bridgehead atoms. The standard InChI is InChI=1S/C10H14N4O/c1-8(15)9-5-11-14(6-9)7-10-3-4-13(2)12-10/h3-6,8,15H,7H2,1-2H3. The van der Waals surface area contributed by atoms with E-state index in [0.29, 0.717) is 6.54 Å². The Labute approximate surface area is 88.0 Å². The highest BCUT2D eigenvalue weighted by Crippen LogP contribution is 2.10. The van der Waals surface area contributed by atoms with Gasteiger partial charge in [0.15, 0.2) is 0 Å². The molecule has 0 amide bonds. The van der Waals surface area contributed by atoms with Crippen molar-refractivity contribution in [2.45, 2.75) is 19.6 Å². The van der Waals surface area contributed by atoms with Crippen LogP contribution in [0.15, 0.2) is 24.7 Å². The van der Waals surface area contributed by atoms with Crippen LogP contribution in [-0.4, -0.2) is 24.7 Å². The summed E-state index contributed by atoms with van der Waals surface area (Å²) in [4.78, 5) is 0. The van der Waals surface area contributed by atoms with Crippen LogP contribution in [0.5, 0.6) is 0 Å². The molecule has 5 heteroatoms. The van der Waals surface area contributed by atoms with E-state index in [1.165, 1.54) is 0 Å². The monoisotopic (exact) mass is 206 g/mol. The first-order valence-electron chi connectivity index (χ1n) is 4.84. The second-order valence-corrected chi connectivity index (χ2v) is 3.63. The molecular weight excluding hydrogens is 192 g/mol. The van der Waals surface area contributed by atoms with Crippen LogP contribution in [-0.2, 0) is 13.6 Å². The Morgan fingerprint density at radius 3 is 2.87 bits per heavy atom. The summed E-state index contributed by atoms with van der Waals surface area (Å²) in [6.07, 6.45) is 4.93. The fourth-order valence-corrected chi connectivity index (χ4v) is 1.40. The molecule has 5 nitrogen and oxygen atoms in total. The summed E-state index contributed by atoms with van der Waals surface area (Å²) in [6, 6.07) is 1.95. The van der Waals surface area contributed by atoms with Gasteiger partial charge in [0.1, 0.15) is 0 Å². The molecule has 0 saturated heterocycles. The molecule has 2 aromatic heterocycles. The van der Waals surface area contributed by atoms with E-state index in [0.717, 1.165) is 11.3 Å². The Morgan fingerprint density at radius 2 is 2.33 bits per heavy atom. The summed E-state index contributed by atoms with van der Waals surface area (Å²) >= 11 is 0. The van der Waals surface area contributed by atoms with Gasteiger partial charge in [-0.1, -0.05) is 0 Å². The molecule has 80 valence electrons. The molecule has 15 heavy (non-hydrogen) atoms. The summed E-state index contributed by atoms with van der Waals surface area (Å²) in [5.41, 5.74) is 1.78. The number of aryl methyl sites for hydroxylation is 1. The number of rotatable bonds is 3. The minimum Gasteiger partial charge on any atom is -0.389 e. The molecule has 0 saturated carbocycles. The zero-order chi connectivity index (χ0) is 10.8. The number of hydrogen-bond acceptors (Lipinski definition) is 3. The zero-order valence-electron chi connectivity index (χ0n) is 8.83. The van der Waals surface area contributed by atoms with Crippen LogP contribution in [0.4, 0.5) is 0 Å². The normalized spacial score (nSPS) is 13.0. The minimum atomic E-state index is -0.470. The highest BCUT2D eigenvalue weighted by molar-refractivity contribution is 5.08. The molecule has 0 aromatic carbocycles. The molecule has 2 rings (SSSR count). The van der Waals surface area contributed by atoms with Crippen molar-refractivity contribution >= 4 is 0 Å². The van der Waals surface area contributed by atoms with Gasteiger partial charge in [-0.3, -0.25) is 9.36 Å². The lowest BCUT2D eigenvalue weighted by Crippen LogP contribution is -2.01. The van der Waals surface area contributed by atoms with Crippen molar-refractivity contribution in [2.75, 3.05) is 0 Å². The Hall–Kier alpha value is -1.62. The molecule has 0 aliphatic rings. The van der Waals surface area contributed by atoms with Crippen molar-refractivity contribution in [3.63, 3.8) is 0 Å². The third kappa shape index (κ3) is 2.24. The predicted octanol–water partition coefficient (Wildman–Crippen LogP) is 0.718. The van der Waals surface area contributed by atoms with Gasteiger partial charge < -0.3 is 5.11 Å². The number of nitrogens with zero attached hydrogens (tertiary/aromatic N) is 4. The molecule has 1 unspecified atom stereocenters. The fraction of sp³-hybridized carbons (Fsp3) is 0.400. The SMILES string of the molecule is CC(O)c1cnn(Cc2ccn(C)n2)c1. The van der Waals surface area contributed by atoms with E-state index < -0.39 is 6.10 Å². The Bertz CT molecular complexity index is 444. The highest BCUT2D eigenvalue weighted by Gasteiger charge is 2.05. The van der Waals surface area contributed by atoms with E-state index in [1.807, 2.05) is 25.5 Å². The molecular formula is C10H14N4O. The van der Waals surface area contributed by atoms with E-state index in [4.69, 9.17) is 0 Å². The van der Waals surface area contributed by atoms with Gasteiger partial charge in [0.2, 0.25) is 0 Å². The first-order chi connectivity index (χ1) is 7.15. The Morgan fingerprint density at radius 1 is 1.53 bits per heavy atom. The molecule has 0 radical (unpaired) electrons. The van der Waals surface area contributed by atoms with Gasteiger partial charge in [-0.05, 0) is 13.0 Å². The molecule has 0 aliphatic carbocycles. The number of aliphatic hydroxyl groups is 1. The lowest BCUT2D eigenvalue weighted by Gasteiger charge is -1.98. The summed E-state index contributed by atoms with van der Waals surface area (Å²) in [6.45, 7) is 2.36. The molecule has 1 atom stereocenters. The average molecular weight is 206 g/mol. The molecule has 0 aliphatic heterocycles. The van der Waals surface area contributed by atoms with Crippen LogP contribution in [0.2, 0.25) is 0 Å². The second kappa shape index (κ2) is 3.86. The second-order valence-electron chi connectivity index (χ2n) is 3.63. The van der Waals surface area contributed by atoms with Gasteiger partial charge in [0.05, 0.1) is 24.5 Å². The van der Waals surface area contributed by atoms with Crippen LogP contribution in [0.1, 0.15) is 24.3 Å². The maximum Gasteiger partial charge on any atom is 0.0849 e. The largest absolute Gasteiger partial charge is 0.389 e. The van der Waals surface area contributed by atoms with Crippen LogP contribution in [0, 0.1) is 0 Å². The van der Waals surface area contributed by atoms with Gasteiger partial charge >= 0.3 is 0 Å². The highest BCUT2D eigenvalue weighted by atomic mass is 16.3. The van der Waals surface area contributed by atoms with Crippen LogP contribution in [0.25, 0.3) is 0 Å². The van der Waals surface area contributed by atoms with E-state index in [9.17, 15) is 5.11 Å². The van der Waals surface area contributed by atoms with Gasteiger partial charge in [-0.2, -0.15) is 10.2 Å². The van der Waals surface area contributed by atoms with Gasteiger partial charge in [-0.15, -0.1) is 0 Å². The van der Waals surface area contributed by atoms with E-state index in [1.54, 1.807) is 22.5 Å². The fourth-order valence-electron chi connectivity index (χ4n) is 1.40. The smallest absolute Gasteiger partial charge is 0.0849 e. The Balaban J connectivity index is 2.11. The summed E-state index contributed by atoms with van der Waals surface area (Å²) in [5.74, 6) is 0. The number of hydrogen-bond donors (Lipinski definition) is 1. The van der Waals surface area contributed by atoms with Gasteiger partial charge in [0.25, 0.3) is 0 Å². The summed E-state index contributed by atoms with van der Waals surface area (Å²) in [7, 11) is 1.88. The lowest BCUT2D eigenvalue weighted by atomic mass is 10.2. The van der Waals surface area contributed by atoms with Gasteiger partial charge in [0, 0.05) is 25.0 Å². The van der Waals surface area contributed by atoms with Crippen LogP contribution >= 0.6 is 0 Å². The minimum absolute atomic E-state index is 0.470. The number of aliphatic hydroxyl groups excluding tert-OH is 1. The molecule has 1 N–H and O–H groups in total. The van der Waals surface area contributed by atoms with Gasteiger partial charge in [-0.25, -0.2) is 0 Å². The molecule has 2 aromatic rings. The summed E-state index contributed by atoms with van der Waals surface area (Å²) < 4.78 is 3.53. The number of aromatic nitrogens is 4. The first kappa shape index (κ1) is 9.92. The van der Waals surface area contributed by atoms with Crippen LogP contribution in [0.3, 0.4) is 0 Å². The topological polar surface area (TPSA) is 55.9 Å². The van der Waals surface area contributed by atoms with E-state index in [-0.39, 0.29) is 0 Å². The quantitative estimate of drug-likeness (QED) is 0.805. The summed E-state index contributed by atoms with van der Waals surface area (Å²) in [5, 5.41) is 17.7. The lowest BCUT2D eigenvalue weighted by molar-refractivity contribution is 0.199. The molecule has 2 heterocycles. The van der Waals surface area contributed by atoms with Crippen molar-refractivity contribution in [1.29, 1.82) is 0 Å². The third-order valence-electron chi connectivity index (χ3n) is 2.23. The maximum absolute atomic E-state index is 9.33. The molecule has 0 spiro atoms. The van der Waals surface area contributed by atoms with Crippen molar-refractivity contribution in [3.8, 4) is 0 Å². The van der Waals surface area contributed by atoms with E-state index >= 15 is 0 Å². The molecule has 0 fully saturated rings. The Kier molecular flexibility index (Phi) is 2.55. The van der Waals surface area contributed by atoms with Crippen LogP contribution < -0.4 is 0 Å². The van der Waals surface area contributed by atoms with Crippen molar-refractivity contribution in [3.05, 3.63) is 35.9 Å². The zero-order valence-corrected chi connectivity index (χ0v) is 8.83. The van der Waals surface area contributed by atoms with Crippen molar-refractivity contribution < 1.29 is 5.11 Å². The predicted molar refractivity (Wildman–Crippen MR) is 55.2 cm³/mol. The van der Waals surface area contributed by atoms with Crippen molar-refractivity contribution in [1.82, 2.24) is 19.6 Å². The average Bonchev–Trinajstić information content (AvgIpc) is 2.76. The third-order valence-corrected chi connectivity index (χ3v) is 2.23. The first-order valence-corrected chi connectivity index (χ1v) is 4.84. The van der Waals surface area contributed by atoms with Crippen molar-refractivity contribution in [2.24, 2.45) is 7.05 Å². The van der Waals surface area contributed by atoms with E-state index in [2.05, 4.69) is 10.2 Å². The maximum atomic E-state index is 9.33.